The summed E-state index contributed by atoms with van der Waals surface area (Å²) in [5, 5.41) is 18.1. The zero-order valence-corrected chi connectivity index (χ0v) is 8.25. The molecule has 1 aromatic rings. The lowest BCUT2D eigenvalue weighted by Gasteiger charge is -2.19. The van der Waals surface area contributed by atoms with Crippen molar-refractivity contribution in [3.63, 3.8) is 0 Å². The molecule has 88 valence electrons. The second-order valence-electron chi connectivity index (χ2n) is 3.46. The number of aliphatic hydroxyl groups is 1. The Morgan fingerprint density at radius 2 is 1.75 bits per heavy atom. The summed E-state index contributed by atoms with van der Waals surface area (Å²) in [6.45, 7) is 0.921. The first-order valence-corrected chi connectivity index (χ1v) is 4.29. The molecule has 0 amide bonds. The van der Waals surface area contributed by atoms with Crippen LogP contribution in [0.15, 0.2) is 24.3 Å². The zero-order valence-electron chi connectivity index (χ0n) is 8.25. The molecule has 0 spiro atoms. The molecule has 0 unspecified atom stereocenters. The Morgan fingerprint density at radius 3 is 2.19 bits per heavy atom. The van der Waals surface area contributed by atoms with E-state index in [2.05, 4.69) is 0 Å². The molecule has 0 bridgehead atoms. The Bertz CT molecular complexity index is 410. The van der Waals surface area contributed by atoms with Gasteiger partial charge in [0.2, 0.25) is 0 Å². The SMILES string of the molecule is C[C@](O)(C(=O)O)c1cccc(C(F)(F)F)c1. The van der Waals surface area contributed by atoms with Gasteiger partial charge in [0.15, 0.2) is 5.60 Å². The molecule has 0 radical (unpaired) electrons. The van der Waals surface area contributed by atoms with Gasteiger partial charge in [0.1, 0.15) is 0 Å². The smallest absolute Gasteiger partial charge is 0.416 e. The summed E-state index contributed by atoms with van der Waals surface area (Å²) >= 11 is 0. The molecule has 0 saturated heterocycles. The third-order valence-electron chi connectivity index (χ3n) is 2.17. The zero-order chi connectivity index (χ0) is 12.6. The van der Waals surface area contributed by atoms with E-state index in [-0.39, 0.29) is 5.56 Å². The summed E-state index contributed by atoms with van der Waals surface area (Å²) in [7, 11) is 0. The average molecular weight is 234 g/mol. The molecule has 0 aromatic heterocycles. The molecule has 0 fully saturated rings. The standard InChI is InChI=1S/C10H9F3O3/c1-9(16,8(14)15)6-3-2-4-7(5-6)10(11,12)13/h2-5,16H,1H3,(H,14,15)/t9-/m1/s1. The summed E-state index contributed by atoms with van der Waals surface area (Å²) in [6.07, 6.45) is -4.56. The van der Waals surface area contributed by atoms with Gasteiger partial charge in [0.25, 0.3) is 0 Å². The summed E-state index contributed by atoms with van der Waals surface area (Å²) in [4.78, 5) is 10.7. The normalized spacial score (nSPS) is 15.6. The molecule has 0 heterocycles. The molecular weight excluding hydrogens is 225 g/mol. The van der Waals surface area contributed by atoms with Crippen LogP contribution in [0.2, 0.25) is 0 Å². The number of carboxylic acids is 1. The molecule has 0 saturated carbocycles. The van der Waals surface area contributed by atoms with Gasteiger partial charge in [0, 0.05) is 0 Å². The van der Waals surface area contributed by atoms with Crippen molar-refractivity contribution in [1.82, 2.24) is 0 Å². The van der Waals surface area contributed by atoms with E-state index in [1.807, 2.05) is 0 Å². The lowest BCUT2D eigenvalue weighted by Crippen LogP contribution is -2.32. The predicted octanol–water partition coefficient (Wildman–Crippen LogP) is 2.00. The monoisotopic (exact) mass is 234 g/mol. The first-order valence-electron chi connectivity index (χ1n) is 4.29. The van der Waals surface area contributed by atoms with Gasteiger partial charge in [-0.2, -0.15) is 13.2 Å². The molecule has 0 aliphatic carbocycles. The molecule has 0 aliphatic rings. The highest BCUT2D eigenvalue weighted by molar-refractivity contribution is 5.78. The Balaban J connectivity index is 3.23. The van der Waals surface area contributed by atoms with E-state index in [9.17, 15) is 23.1 Å². The van der Waals surface area contributed by atoms with Gasteiger partial charge in [-0.1, -0.05) is 12.1 Å². The number of aliphatic carboxylic acids is 1. The van der Waals surface area contributed by atoms with E-state index in [4.69, 9.17) is 5.11 Å². The average Bonchev–Trinajstić information content (AvgIpc) is 2.16. The van der Waals surface area contributed by atoms with Crippen LogP contribution in [0, 0.1) is 0 Å². The van der Waals surface area contributed by atoms with Crippen molar-refractivity contribution in [3.8, 4) is 0 Å². The maximum atomic E-state index is 12.3. The van der Waals surface area contributed by atoms with Crippen LogP contribution in [0.4, 0.5) is 13.2 Å². The second kappa shape index (κ2) is 3.79. The van der Waals surface area contributed by atoms with E-state index in [0.29, 0.717) is 6.07 Å². The largest absolute Gasteiger partial charge is 0.479 e. The molecule has 2 N–H and O–H groups in total. The van der Waals surface area contributed by atoms with Gasteiger partial charge < -0.3 is 10.2 Å². The second-order valence-corrected chi connectivity index (χ2v) is 3.46. The summed E-state index contributed by atoms with van der Waals surface area (Å²) in [5.74, 6) is -1.60. The first-order chi connectivity index (χ1) is 7.15. The Kier molecular flexibility index (Phi) is 2.96. The minimum absolute atomic E-state index is 0.310. The number of benzene rings is 1. The summed E-state index contributed by atoms with van der Waals surface area (Å²) < 4.78 is 37.0. The molecule has 1 atom stereocenters. The Morgan fingerprint density at radius 1 is 1.25 bits per heavy atom. The van der Waals surface area contributed by atoms with Crippen LogP contribution in [0.1, 0.15) is 18.1 Å². The van der Waals surface area contributed by atoms with E-state index >= 15 is 0 Å². The minimum atomic E-state index is -4.56. The molecule has 16 heavy (non-hydrogen) atoms. The Hall–Kier alpha value is -1.56. The highest BCUT2D eigenvalue weighted by atomic mass is 19.4. The number of halogens is 3. The third kappa shape index (κ3) is 2.33. The van der Waals surface area contributed by atoms with E-state index < -0.39 is 23.3 Å². The highest BCUT2D eigenvalue weighted by Gasteiger charge is 2.36. The molecule has 1 aromatic carbocycles. The fourth-order valence-electron chi connectivity index (χ4n) is 1.12. The van der Waals surface area contributed by atoms with Crippen LogP contribution < -0.4 is 0 Å². The van der Waals surface area contributed by atoms with Crippen LogP contribution >= 0.6 is 0 Å². The highest BCUT2D eigenvalue weighted by Crippen LogP contribution is 2.32. The fraction of sp³-hybridized carbons (Fsp3) is 0.300. The Labute approximate surface area is 89.1 Å². The lowest BCUT2D eigenvalue weighted by molar-refractivity contribution is -0.158. The number of carboxylic acid groups (broad SMARTS) is 1. The van der Waals surface area contributed by atoms with Crippen molar-refractivity contribution in [2.75, 3.05) is 0 Å². The lowest BCUT2D eigenvalue weighted by atomic mass is 9.94. The quantitative estimate of drug-likeness (QED) is 0.822. The van der Waals surface area contributed by atoms with Gasteiger partial charge in [0.05, 0.1) is 5.56 Å². The topological polar surface area (TPSA) is 57.5 Å². The maximum absolute atomic E-state index is 12.3. The number of hydrogen-bond donors (Lipinski definition) is 2. The van der Waals surface area contributed by atoms with Crippen molar-refractivity contribution in [3.05, 3.63) is 35.4 Å². The first kappa shape index (κ1) is 12.5. The summed E-state index contributed by atoms with van der Waals surface area (Å²) in [5.41, 5.74) is -3.64. The number of alkyl halides is 3. The van der Waals surface area contributed by atoms with Gasteiger partial charge in [-0.05, 0) is 24.6 Å². The maximum Gasteiger partial charge on any atom is 0.416 e. The van der Waals surface area contributed by atoms with Crippen molar-refractivity contribution < 1.29 is 28.2 Å². The van der Waals surface area contributed by atoms with Crippen LogP contribution in [0.3, 0.4) is 0 Å². The van der Waals surface area contributed by atoms with E-state index in [1.54, 1.807) is 0 Å². The van der Waals surface area contributed by atoms with Crippen LogP contribution in [-0.2, 0) is 16.6 Å². The molecule has 3 nitrogen and oxygen atoms in total. The molecule has 0 aliphatic heterocycles. The number of rotatable bonds is 2. The molecular formula is C10H9F3O3. The van der Waals surface area contributed by atoms with Crippen LogP contribution in [-0.4, -0.2) is 16.2 Å². The van der Waals surface area contributed by atoms with Crippen molar-refractivity contribution >= 4 is 5.97 Å². The van der Waals surface area contributed by atoms with E-state index in [0.717, 1.165) is 25.1 Å². The van der Waals surface area contributed by atoms with Gasteiger partial charge >= 0.3 is 12.1 Å². The third-order valence-corrected chi connectivity index (χ3v) is 2.17. The van der Waals surface area contributed by atoms with Gasteiger partial charge in [-0.25, -0.2) is 4.79 Å². The molecule has 6 heteroatoms. The van der Waals surface area contributed by atoms with Crippen LogP contribution in [0.25, 0.3) is 0 Å². The van der Waals surface area contributed by atoms with Crippen molar-refractivity contribution in [2.24, 2.45) is 0 Å². The van der Waals surface area contributed by atoms with Gasteiger partial charge in [-0.15, -0.1) is 0 Å². The molecule has 1 rings (SSSR count). The fourth-order valence-corrected chi connectivity index (χ4v) is 1.12. The number of carbonyl (C=O) groups is 1. The number of hydrogen-bond acceptors (Lipinski definition) is 2. The minimum Gasteiger partial charge on any atom is -0.479 e. The predicted molar refractivity (Wildman–Crippen MR) is 48.7 cm³/mol. The van der Waals surface area contributed by atoms with Crippen LogP contribution in [0.5, 0.6) is 0 Å². The van der Waals surface area contributed by atoms with Crippen molar-refractivity contribution in [2.45, 2.75) is 18.7 Å². The summed E-state index contributed by atoms with van der Waals surface area (Å²) in [6, 6.07) is 3.61. The van der Waals surface area contributed by atoms with E-state index in [1.165, 1.54) is 0 Å². The van der Waals surface area contributed by atoms with Crippen molar-refractivity contribution in [1.29, 1.82) is 0 Å². The van der Waals surface area contributed by atoms with Gasteiger partial charge in [-0.3, -0.25) is 0 Å².